The van der Waals surface area contributed by atoms with E-state index in [2.05, 4.69) is 29.6 Å². The Morgan fingerprint density at radius 1 is 1.40 bits per heavy atom. The van der Waals surface area contributed by atoms with E-state index in [1.807, 2.05) is 18.4 Å². The van der Waals surface area contributed by atoms with Gasteiger partial charge in [-0.2, -0.15) is 0 Å². The number of methoxy groups -OCH3 is 1. The van der Waals surface area contributed by atoms with E-state index >= 15 is 0 Å². The molecule has 4 heteroatoms. The Hall–Kier alpha value is -1.23. The van der Waals surface area contributed by atoms with Gasteiger partial charge in [-0.3, -0.25) is 0 Å². The van der Waals surface area contributed by atoms with Crippen molar-refractivity contribution in [2.45, 2.75) is 31.9 Å². The van der Waals surface area contributed by atoms with Gasteiger partial charge in [0.1, 0.15) is 5.01 Å². The van der Waals surface area contributed by atoms with Crippen LogP contribution in [0.1, 0.15) is 35.0 Å². The molecule has 1 unspecified atom stereocenters. The lowest BCUT2D eigenvalue weighted by Gasteiger charge is -2.19. The number of nitrogens with zero attached hydrogens (tertiary/aromatic N) is 1. The molecule has 1 aromatic carbocycles. The van der Waals surface area contributed by atoms with Crippen LogP contribution in [0.4, 0.5) is 0 Å². The minimum Gasteiger partial charge on any atom is -0.380 e. The van der Waals surface area contributed by atoms with Crippen LogP contribution in [0.15, 0.2) is 24.3 Å². The molecule has 0 aliphatic heterocycles. The van der Waals surface area contributed by atoms with Gasteiger partial charge in [0.15, 0.2) is 0 Å². The number of fused-ring (bicyclic) bond motifs is 1. The number of aryl methyl sites for hydroxylation is 1. The highest BCUT2D eigenvalue weighted by Crippen LogP contribution is 2.37. The van der Waals surface area contributed by atoms with E-state index in [0.29, 0.717) is 12.6 Å². The van der Waals surface area contributed by atoms with Crippen molar-refractivity contribution in [3.8, 4) is 10.6 Å². The molecule has 0 spiro atoms. The zero-order valence-corrected chi connectivity index (χ0v) is 12.8. The number of aromatic nitrogens is 1. The Bertz CT molecular complexity index is 594. The highest BCUT2D eigenvalue weighted by Gasteiger charge is 2.24. The monoisotopic (exact) mass is 288 g/mol. The number of rotatable bonds is 4. The van der Waals surface area contributed by atoms with Crippen LogP contribution >= 0.6 is 11.3 Å². The lowest BCUT2D eigenvalue weighted by Crippen LogP contribution is -2.21. The molecule has 0 bridgehead atoms. The SMILES string of the molecule is CNC1CCCc2sc(-c3ccccc3COC)nc21. The molecule has 0 saturated heterocycles. The summed E-state index contributed by atoms with van der Waals surface area (Å²) in [7, 11) is 3.76. The van der Waals surface area contributed by atoms with Gasteiger partial charge in [0.2, 0.25) is 0 Å². The Morgan fingerprint density at radius 2 is 2.25 bits per heavy atom. The number of thiazole rings is 1. The maximum absolute atomic E-state index is 5.30. The van der Waals surface area contributed by atoms with Gasteiger partial charge in [-0.1, -0.05) is 24.3 Å². The van der Waals surface area contributed by atoms with Crippen molar-refractivity contribution in [1.29, 1.82) is 0 Å². The first kappa shape index (κ1) is 13.7. The predicted molar refractivity (Wildman–Crippen MR) is 83.0 cm³/mol. The van der Waals surface area contributed by atoms with Crippen LogP contribution < -0.4 is 5.32 Å². The standard InChI is InChI=1S/C16H20N2OS/c1-17-13-8-5-9-14-15(13)18-16(20-14)12-7-4-3-6-11(12)10-19-2/h3-4,6-7,13,17H,5,8-10H2,1-2H3. The van der Waals surface area contributed by atoms with Gasteiger partial charge in [0.05, 0.1) is 18.3 Å². The molecule has 1 atom stereocenters. The number of benzene rings is 1. The average Bonchev–Trinajstić information content (AvgIpc) is 2.92. The predicted octanol–water partition coefficient (Wildman–Crippen LogP) is 3.55. The molecular formula is C16H20N2OS. The molecule has 3 nitrogen and oxygen atoms in total. The van der Waals surface area contributed by atoms with Crippen molar-refractivity contribution in [1.82, 2.24) is 10.3 Å². The molecule has 0 saturated carbocycles. The highest BCUT2D eigenvalue weighted by molar-refractivity contribution is 7.15. The Morgan fingerprint density at radius 3 is 3.05 bits per heavy atom. The minimum atomic E-state index is 0.415. The molecule has 1 aliphatic carbocycles. The van der Waals surface area contributed by atoms with Crippen LogP contribution in [0.25, 0.3) is 10.6 Å². The maximum atomic E-state index is 5.30. The fraction of sp³-hybridized carbons (Fsp3) is 0.438. The molecule has 2 aromatic rings. The Kier molecular flexibility index (Phi) is 4.15. The van der Waals surface area contributed by atoms with Crippen molar-refractivity contribution < 1.29 is 4.74 Å². The summed E-state index contributed by atoms with van der Waals surface area (Å²) >= 11 is 1.84. The molecule has 0 fully saturated rings. The molecule has 106 valence electrons. The molecular weight excluding hydrogens is 268 g/mol. The number of ether oxygens (including phenoxy) is 1. The average molecular weight is 288 g/mol. The van der Waals surface area contributed by atoms with Crippen LogP contribution in [0.5, 0.6) is 0 Å². The van der Waals surface area contributed by atoms with Crippen LogP contribution in [-0.2, 0) is 17.8 Å². The molecule has 1 aromatic heterocycles. The topological polar surface area (TPSA) is 34.1 Å². The first-order valence-corrected chi connectivity index (χ1v) is 7.89. The van der Waals surface area contributed by atoms with E-state index in [1.54, 1.807) is 7.11 Å². The molecule has 20 heavy (non-hydrogen) atoms. The summed E-state index contributed by atoms with van der Waals surface area (Å²) in [6.07, 6.45) is 3.60. The lowest BCUT2D eigenvalue weighted by atomic mass is 9.98. The Balaban J connectivity index is 2.01. The second-order valence-electron chi connectivity index (χ2n) is 5.15. The molecule has 1 aliphatic rings. The van der Waals surface area contributed by atoms with Crippen molar-refractivity contribution in [2.24, 2.45) is 0 Å². The van der Waals surface area contributed by atoms with Crippen molar-refractivity contribution in [2.75, 3.05) is 14.2 Å². The first-order valence-electron chi connectivity index (χ1n) is 7.07. The van der Waals surface area contributed by atoms with E-state index in [1.165, 1.54) is 34.5 Å². The fourth-order valence-electron chi connectivity index (χ4n) is 2.82. The van der Waals surface area contributed by atoms with Crippen LogP contribution in [0.3, 0.4) is 0 Å². The molecule has 3 rings (SSSR count). The summed E-state index contributed by atoms with van der Waals surface area (Å²) in [5.74, 6) is 0. The van der Waals surface area contributed by atoms with Gasteiger partial charge in [-0.05, 0) is 31.9 Å². The largest absolute Gasteiger partial charge is 0.380 e. The van der Waals surface area contributed by atoms with E-state index in [4.69, 9.17) is 9.72 Å². The van der Waals surface area contributed by atoms with Crippen LogP contribution in [0, 0.1) is 0 Å². The summed E-state index contributed by atoms with van der Waals surface area (Å²) in [5, 5.41) is 4.51. The Labute approximate surface area is 124 Å². The summed E-state index contributed by atoms with van der Waals surface area (Å²) < 4.78 is 5.30. The van der Waals surface area contributed by atoms with Gasteiger partial charge < -0.3 is 10.1 Å². The fourth-order valence-corrected chi connectivity index (χ4v) is 4.05. The van der Waals surface area contributed by atoms with Gasteiger partial charge in [0.25, 0.3) is 0 Å². The zero-order valence-electron chi connectivity index (χ0n) is 12.0. The van der Waals surface area contributed by atoms with E-state index in [9.17, 15) is 0 Å². The second kappa shape index (κ2) is 6.04. The lowest BCUT2D eigenvalue weighted by molar-refractivity contribution is 0.185. The minimum absolute atomic E-state index is 0.415. The normalized spacial score (nSPS) is 18.0. The molecule has 1 N–H and O–H groups in total. The second-order valence-corrected chi connectivity index (χ2v) is 6.23. The van der Waals surface area contributed by atoms with Crippen molar-refractivity contribution in [3.63, 3.8) is 0 Å². The van der Waals surface area contributed by atoms with E-state index in [0.717, 1.165) is 11.4 Å². The van der Waals surface area contributed by atoms with Gasteiger partial charge in [-0.25, -0.2) is 4.98 Å². The molecule has 0 amide bonds. The van der Waals surface area contributed by atoms with E-state index in [-0.39, 0.29) is 0 Å². The smallest absolute Gasteiger partial charge is 0.124 e. The summed E-state index contributed by atoms with van der Waals surface area (Å²) in [5.41, 5.74) is 3.68. The summed E-state index contributed by atoms with van der Waals surface area (Å²) in [4.78, 5) is 6.36. The van der Waals surface area contributed by atoms with Crippen molar-refractivity contribution in [3.05, 3.63) is 40.4 Å². The highest BCUT2D eigenvalue weighted by atomic mass is 32.1. The van der Waals surface area contributed by atoms with Crippen LogP contribution in [0.2, 0.25) is 0 Å². The number of nitrogens with one attached hydrogen (secondary N) is 1. The third kappa shape index (κ3) is 2.51. The third-order valence-electron chi connectivity index (χ3n) is 3.85. The first-order chi connectivity index (χ1) is 9.83. The van der Waals surface area contributed by atoms with E-state index < -0.39 is 0 Å². The maximum Gasteiger partial charge on any atom is 0.124 e. The summed E-state index contributed by atoms with van der Waals surface area (Å²) in [6, 6.07) is 8.81. The quantitative estimate of drug-likeness (QED) is 0.934. The zero-order chi connectivity index (χ0) is 13.9. The van der Waals surface area contributed by atoms with Crippen molar-refractivity contribution >= 4 is 11.3 Å². The van der Waals surface area contributed by atoms with Gasteiger partial charge in [0, 0.05) is 17.6 Å². The molecule has 1 heterocycles. The summed E-state index contributed by atoms with van der Waals surface area (Å²) in [6.45, 7) is 0.635. The van der Waals surface area contributed by atoms with Gasteiger partial charge in [-0.15, -0.1) is 11.3 Å². The third-order valence-corrected chi connectivity index (χ3v) is 5.01. The number of hydrogen-bond acceptors (Lipinski definition) is 4. The van der Waals surface area contributed by atoms with Crippen LogP contribution in [-0.4, -0.2) is 19.1 Å². The molecule has 0 radical (unpaired) electrons. The van der Waals surface area contributed by atoms with Gasteiger partial charge >= 0.3 is 0 Å². The number of hydrogen-bond donors (Lipinski definition) is 1.